The molecule has 0 aliphatic rings. The van der Waals surface area contributed by atoms with Crippen LogP contribution in [-0.4, -0.2) is 28.9 Å². The fraction of sp³-hybridized carbons (Fsp3) is 0.667. The maximum absolute atomic E-state index is 9.98. The Labute approximate surface area is 50.8 Å². The van der Waals surface area contributed by atoms with Gasteiger partial charge >= 0.3 is 5.97 Å². The Bertz CT molecular complexity index is 83.4. The van der Waals surface area contributed by atoms with Gasteiger partial charge in [0, 0.05) is 0 Å². The van der Waals surface area contributed by atoms with E-state index in [1.165, 1.54) is 0 Å². The number of aliphatic hydroxyl groups excluding tert-OH is 2. The molecule has 8 heavy (non-hydrogen) atoms. The lowest BCUT2D eigenvalue weighted by Crippen LogP contribution is -2.23. The van der Waals surface area contributed by atoms with Crippen molar-refractivity contribution in [1.82, 2.24) is 0 Å². The van der Waals surface area contributed by atoms with E-state index in [0.717, 1.165) is 0 Å². The summed E-state index contributed by atoms with van der Waals surface area (Å²) in [5, 5.41) is 16.3. The van der Waals surface area contributed by atoms with Crippen LogP contribution in [0.15, 0.2) is 0 Å². The minimum absolute atomic E-state index is 0.675. The van der Waals surface area contributed by atoms with Crippen LogP contribution in [0.4, 0.5) is 0 Å². The molecule has 2 N–H and O–H groups in total. The molecule has 0 aromatic carbocycles. The maximum Gasteiger partial charge on any atom is 0.355 e. The van der Waals surface area contributed by atoms with Gasteiger partial charge in [-0.2, -0.15) is 0 Å². The van der Waals surface area contributed by atoms with Gasteiger partial charge in [-0.15, -0.1) is 0 Å². The molecule has 0 amide bonds. The van der Waals surface area contributed by atoms with Gasteiger partial charge in [0.2, 0.25) is 0 Å². The summed E-state index contributed by atoms with van der Waals surface area (Å²) in [7, 11) is 0. The number of hydrogen-bond donors (Lipinski definition) is 2. The van der Waals surface area contributed by atoms with Crippen molar-refractivity contribution in [1.29, 1.82) is 0 Å². The molecule has 1 unspecified atom stereocenters. The predicted octanol–water partition coefficient (Wildman–Crippen LogP) is -0.963. The number of carbonyl (C=O) groups excluding carboxylic acids is 1. The molecular formula is C3H5ClO4. The van der Waals surface area contributed by atoms with Crippen LogP contribution in [0.25, 0.3) is 0 Å². The number of aliphatic hydroxyl groups is 2. The van der Waals surface area contributed by atoms with Gasteiger partial charge in [0.25, 0.3) is 0 Å². The second-order valence-corrected chi connectivity index (χ2v) is 1.25. The maximum atomic E-state index is 9.98. The van der Waals surface area contributed by atoms with Crippen LogP contribution < -0.4 is 0 Å². The molecule has 4 nitrogen and oxygen atoms in total. The highest BCUT2D eigenvalue weighted by molar-refractivity contribution is 6.13. The van der Waals surface area contributed by atoms with E-state index in [-0.39, 0.29) is 0 Å². The minimum Gasteiger partial charge on any atom is -0.393 e. The standard InChI is InChI=1S/C3H5ClO4/c4-8-3(7)2(6)1-5/h2,5-6H,1H2. The van der Waals surface area contributed by atoms with E-state index in [1.54, 1.807) is 0 Å². The quantitative estimate of drug-likeness (QED) is 0.518. The Morgan fingerprint density at radius 2 is 2.38 bits per heavy atom. The first-order valence-corrected chi connectivity index (χ1v) is 2.14. The molecule has 48 valence electrons. The molecule has 0 heterocycles. The summed E-state index contributed by atoms with van der Waals surface area (Å²) in [6, 6.07) is 0. The number of carbonyl (C=O) groups is 1. The average molecular weight is 141 g/mol. The SMILES string of the molecule is O=C(OCl)C(O)CO. The normalized spacial score (nSPS) is 12.9. The van der Waals surface area contributed by atoms with E-state index in [2.05, 4.69) is 16.2 Å². The third-order valence-electron chi connectivity index (χ3n) is 0.521. The fourth-order valence-corrected chi connectivity index (χ4v) is 0.229. The molecule has 0 spiro atoms. The highest BCUT2D eigenvalue weighted by Crippen LogP contribution is 1.88. The van der Waals surface area contributed by atoms with Crippen molar-refractivity contribution in [3.8, 4) is 0 Å². The molecule has 5 heteroatoms. The molecule has 0 saturated heterocycles. The Kier molecular flexibility index (Phi) is 3.51. The van der Waals surface area contributed by atoms with Crippen LogP contribution >= 0.6 is 11.9 Å². The number of rotatable bonds is 2. The van der Waals surface area contributed by atoms with Crippen LogP contribution in [0.1, 0.15) is 0 Å². The molecule has 0 aromatic rings. The largest absolute Gasteiger partial charge is 0.393 e. The van der Waals surface area contributed by atoms with Crippen LogP contribution in [0.2, 0.25) is 0 Å². The summed E-state index contributed by atoms with van der Waals surface area (Å²) >= 11 is 4.50. The third-order valence-corrected chi connectivity index (χ3v) is 0.673. The summed E-state index contributed by atoms with van der Waals surface area (Å²) in [5.74, 6) is -1.05. The first-order valence-electron chi connectivity index (χ1n) is 1.83. The van der Waals surface area contributed by atoms with Gasteiger partial charge in [-0.3, -0.25) is 0 Å². The topological polar surface area (TPSA) is 66.8 Å². The number of hydrogen-bond acceptors (Lipinski definition) is 4. The van der Waals surface area contributed by atoms with Crippen molar-refractivity contribution in [3.05, 3.63) is 0 Å². The van der Waals surface area contributed by atoms with Gasteiger partial charge in [0.05, 0.1) is 6.61 Å². The first kappa shape index (κ1) is 7.68. The van der Waals surface area contributed by atoms with Gasteiger partial charge in [-0.1, -0.05) is 0 Å². The first-order chi connectivity index (χ1) is 3.72. The lowest BCUT2D eigenvalue weighted by atomic mass is 10.4. The molecular weight excluding hydrogens is 135 g/mol. The third kappa shape index (κ3) is 2.11. The van der Waals surface area contributed by atoms with Crippen molar-refractivity contribution in [3.63, 3.8) is 0 Å². The average Bonchev–Trinajstić information content (AvgIpc) is 1.84. The van der Waals surface area contributed by atoms with E-state index < -0.39 is 18.7 Å². The summed E-state index contributed by atoms with van der Waals surface area (Å²) in [6.07, 6.45) is -1.52. The molecule has 0 bridgehead atoms. The molecule has 0 rings (SSSR count). The summed E-state index contributed by atoms with van der Waals surface area (Å²) in [4.78, 5) is 9.98. The molecule has 1 atom stereocenters. The lowest BCUT2D eigenvalue weighted by molar-refractivity contribution is -0.145. The van der Waals surface area contributed by atoms with Gasteiger partial charge in [-0.25, -0.2) is 4.79 Å². The lowest BCUT2D eigenvalue weighted by Gasteiger charge is -1.98. The van der Waals surface area contributed by atoms with E-state index in [1.807, 2.05) is 0 Å². The van der Waals surface area contributed by atoms with Crippen molar-refractivity contribution >= 4 is 17.8 Å². The van der Waals surface area contributed by atoms with Crippen molar-refractivity contribution < 1.29 is 19.3 Å². The molecule has 0 aliphatic heterocycles. The van der Waals surface area contributed by atoms with Gasteiger partial charge in [-0.05, 0) is 0 Å². The Morgan fingerprint density at radius 3 is 2.50 bits per heavy atom. The van der Waals surface area contributed by atoms with Gasteiger partial charge in [0.1, 0.15) is 11.9 Å². The van der Waals surface area contributed by atoms with Crippen LogP contribution in [-0.2, 0) is 9.08 Å². The monoisotopic (exact) mass is 140 g/mol. The Hall–Kier alpha value is -0.320. The Morgan fingerprint density at radius 1 is 1.88 bits per heavy atom. The zero-order chi connectivity index (χ0) is 6.57. The smallest absolute Gasteiger partial charge is 0.355 e. The number of halogens is 1. The van der Waals surface area contributed by atoms with Gasteiger partial charge in [0.15, 0.2) is 6.10 Å². The molecule has 0 aromatic heterocycles. The van der Waals surface area contributed by atoms with Crippen LogP contribution in [0.3, 0.4) is 0 Å². The summed E-state index contributed by atoms with van der Waals surface area (Å²) < 4.78 is 3.53. The van der Waals surface area contributed by atoms with E-state index in [4.69, 9.17) is 10.2 Å². The second kappa shape index (κ2) is 3.65. The fourth-order valence-electron chi connectivity index (χ4n) is 0.126. The molecule has 0 saturated carbocycles. The summed E-state index contributed by atoms with van der Waals surface area (Å²) in [6.45, 7) is -0.675. The molecule has 0 fully saturated rings. The van der Waals surface area contributed by atoms with Crippen LogP contribution in [0, 0.1) is 0 Å². The molecule has 0 radical (unpaired) electrons. The van der Waals surface area contributed by atoms with Crippen molar-refractivity contribution in [2.24, 2.45) is 0 Å². The summed E-state index contributed by atoms with van der Waals surface area (Å²) in [5.41, 5.74) is 0. The van der Waals surface area contributed by atoms with Crippen molar-refractivity contribution in [2.45, 2.75) is 6.10 Å². The highest BCUT2D eigenvalue weighted by Gasteiger charge is 2.13. The highest BCUT2D eigenvalue weighted by atomic mass is 35.5. The van der Waals surface area contributed by atoms with E-state index in [0.29, 0.717) is 0 Å². The zero-order valence-electron chi connectivity index (χ0n) is 3.87. The predicted molar refractivity (Wildman–Crippen MR) is 25.0 cm³/mol. The van der Waals surface area contributed by atoms with E-state index in [9.17, 15) is 4.79 Å². The minimum atomic E-state index is -1.52. The van der Waals surface area contributed by atoms with E-state index >= 15 is 0 Å². The Balaban J connectivity index is 3.46. The van der Waals surface area contributed by atoms with Gasteiger partial charge < -0.3 is 14.5 Å². The zero-order valence-corrected chi connectivity index (χ0v) is 4.63. The van der Waals surface area contributed by atoms with Crippen molar-refractivity contribution in [2.75, 3.05) is 6.61 Å². The second-order valence-electron chi connectivity index (χ2n) is 1.09. The molecule has 0 aliphatic carbocycles. The van der Waals surface area contributed by atoms with Crippen LogP contribution in [0.5, 0.6) is 0 Å².